The number of hydrogen-bond donors (Lipinski definition) is 1. The van der Waals surface area contributed by atoms with Crippen LogP contribution in [0.5, 0.6) is 0 Å². The van der Waals surface area contributed by atoms with Gasteiger partial charge in [0.05, 0.1) is 5.56 Å². The fourth-order valence-corrected chi connectivity index (χ4v) is 5.17. The summed E-state index contributed by atoms with van der Waals surface area (Å²) in [6.45, 7) is 6.80. The lowest BCUT2D eigenvalue weighted by molar-refractivity contribution is 0.0827. The van der Waals surface area contributed by atoms with Crippen LogP contribution in [0.1, 0.15) is 58.3 Å². The Balaban J connectivity index is 1.97. The first kappa shape index (κ1) is 20.9. The van der Waals surface area contributed by atoms with Gasteiger partial charge in [-0.05, 0) is 54.4 Å². The number of thiophene rings is 1. The summed E-state index contributed by atoms with van der Waals surface area (Å²) in [5.41, 5.74) is 2.45. The number of carbonyl (C=O) groups is 2. The van der Waals surface area contributed by atoms with E-state index in [4.69, 9.17) is 11.6 Å². The monoisotopic (exact) mass is 418 g/mol. The molecule has 0 radical (unpaired) electrons. The van der Waals surface area contributed by atoms with Crippen LogP contribution in [0, 0.1) is 11.3 Å². The van der Waals surface area contributed by atoms with Gasteiger partial charge in [-0.3, -0.25) is 9.59 Å². The van der Waals surface area contributed by atoms with Crippen LogP contribution < -0.4 is 5.32 Å². The molecule has 0 spiro atoms. The van der Waals surface area contributed by atoms with Crippen LogP contribution in [0.25, 0.3) is 0 Å². The average Bonchev–Trinajstić information content (AvgIpc) is 2.97. The lowest BCUT2D eigenvalue weighted by Gasteiger charge is -2.34. The standard InChI is InChI=1S/C22H27ClN2O2S/c1-22(2,3)14-9-10-16-17(12-14)28-20(18(16)21(27)25(4)5)24-19(26)13-7-6-8-15(23)11-13/h6-8,11,14H,9-10,12H2,1-5H3,(H,24,26). The van der Waals surface area contributed by atoms with E-state index in [2.05, 4.69) is 26.1 Å². The van der Waals surface area contributed by atoms with Gasteiger partial charge in [0.25, 0.3) is 11.8 Å². The Kier molecular flexibility index (Phi) is 5.87. The van der Waals surface area contributed by atoms with Crippen LogP contribution in [0.2, 0.25) is 5.02 Å². The number of carbonyl (C=O) groups excluding carboxylic acids is 2. The second kappa shape index (κ2) is 7.88. The van der Waals surface area contributed by atoms with Gasteiger partial charge in [-0.2, -0.15) is 0 Å². The Labute approximate surface area is 175 Å². The first-order valence-electron chi connectivity index (χ1n) is 9.51. The van der Waals surface area contributed by atoms with Crippen LogP contribution in [0.4, 0.5) is 5.00 Å². The molecule has 150 valence electrons. The molecule has 1 atom stereocenters. The molecule has 1 unspecified atom stereocenters. The molecule has 1 aromatic heterocycles. The highest BCUT2D eigenvalue weighted by Gasteiger charge is 2.34. The Morgan fingerprint density at radius 3 is 2.57 bits per heavy atom. The molecule has 0 saturated carbocycles. The molecule has 0 bridgehead atoms. The van der Waals surface area contributed by atoms with Crippen LogP contribution >= 0.6 is 22.9 Å². The van der Waals surface area contributed by atoms with Crippen molar-refractivity contribution in [1.82, 2.24) is 4.90 Å². The van der Waals surface area contributed by atoms with Crippen LogP contribution in [0.3, 0.4) is 0 Å². The smallest absolute Gasteiger partial charge is 0.256 e. The molecule has 2 aromatic rings. The topological polar surface area (TPSA) is 49.4 Å². The van der Waals surface area contributed by atoms with Gasteiger partial charge in [-0.15, -0.1) is 11.3 Å². The van der Waals surface area contributed by atoms with E-state index in [9.17, 15) is 9.59 Å². The maximum absolute atomic E-state index is 12.9. The summed E-state index contributed by atoms with van der Waals surface area (Å²) in [7, 11) is 3.49. The minimum Gasteiger partial charge on any atom is -0.345 e. The molecule has 1 N–H and O–H groups in total. The molecule has 3 rings (SSSR count). The van der Waals surface area contributed by atoms with E-state index in [1.165, 1.54) is 4.88 Å². The van der Waals surface area contributed by atoms with Crippen LogP contribution in [-0.4, -0.2) is 30.8 Å². The molecular formula is C22H27ClN2O2S. The summed E-state index contributed by atoms with van der Waals surface area (Å²) >= 11 is 7.56. The van der Waals surface area contributed by atoms with Gasteiger partial charge in [0.15, 0.2) is 0 Å². The van der Waals surface area contributed by atoms with Gasteiger partial charge in [0.2, 0.25) is 0 Å². The Morgan fingerprint density at radius 2 is 1.96 bits per heavy atom. The summed E-state index contributed by atoms with van der Waals surface area (Å²) in [6.07, 6.45) is 2.88. The van der Waals surface area contributed by atoms with E-state index in [1.807, 2.05) is 0 Å². The Morgan fingerprint density at radius 1 is 1.25 bits per heavy atom. The SMILES string of the molecule is CN(C)C(=O)c1c(NC(=O)c2cccc(Cl)c2)sc2c1CCC(C(C)(C)C)C2. The highest BCUT2D eigenvalue weighted by Crippen LogP contribution is 2.44. The summed E-state index contributed by atoms with van der Waals surface area (Å²) in [5, 5.41) is 4.13. The van der Waals surface area contributed by atoms with Gasteiger partial charge < -0.3 is 10.2 Å². The summed E-state index contributed by atoms with van der Waals surface area (Å²) in [6, 6.07) is 6.83. The van der Waals surface area contributed by atoms with E-state index < -0.39 is 0 Å². The van der Waals surface area contributed by atoms with Crippen molar-refractivity contribution in [2.45, 2.75) is 40.0 Å². The molecule has 0 saturated heterocycles. The number of amides is 2. The summed E-state index contributed by atoms with van der Waals surface area (Å²) < 4.78 is 0. The van der Waals surface area contributed by atoms with Crippen molar-refractivity contribution in [2.24, 2.45) is 11.3 Å². The Hall–Kier alpha value is -1.85. The predicted octanol–water partition coefficient (Wildman–Crippen LogP) is 5.51. The van der Waals surface area contributed by atoms with Crippen molar-refractivity contribution in [2.75, 3.05) is 19.4 Å². The molecule has 1 aliphatic carbocycles. The van der Waals surface area contributed by atoms with E-state index in [-0.39, 0.29) is 17.2 Å². The largest absolute Gasteiger partial charge is 0.345 e. The van der Waals surface area contributed by atoms with Crippen LogP contribution in [0.15, 0.2) is 24.3 Å². The molecule has 4 nitrogen and oxygen atoms in total. The second-order valence-electron chi connectivity index (χ2n) is 8.68. The minimum atomic E-state index is -0.249. The molecule has 2 amide bonds. The average molecular weight is 419 g/mol. The third-order valence-corrected chi connectivity index (χ3v) is 6.83. The number of anilines is 1. The molecule has 28 heavy (non-hydrogen) atoms. The van der Waals surface area contributed by atoms with Crippen molar-refractivity contribution in [1.29, 1.82) is 0 Å². The quantitative estimate of drug-likeness (QED) is 0.714. The molecule has 1 heterocycles. The number of nitrogens with one attached hydrogen (secondary N) is 1. The second-order valence-corrected chi connectivity index (χ2v) is 10.2. The molecule has 6 heteroatoms. The zero-order chi connectivity index (χ0) is 20.6. The lowest BCUT2D eigenvalue weighted by atomic mass is 9.72. The van der Waals surface area contributed by atoms with Crippen molar-refractivity contribution in [3.8, 4) is 0 Å². The van der Waals surface area contributed by atoms with Crippen molar-refractivity contribution in [3.63, 3.8) is 0 Å². The maximum atomic E-state index is 12.9. The van der Waals surface area contributed by atoms with Gasteiger partial charge in [0, 0.05) is 29.6 Å². The van der Waals surface area contributed by atoms with E-state index >= 15 is 0 Å². The zero-order valence-corrected chi connectivity index (χ0v) is 18.6. The van der Waals surface area contributed by atoms with Gasteiger partial charge in [0.1, 0.15) is 5.00 Å². The van der Waals surface area contributed by atoms with E-state index in [0.29, 0.717) is 27.1 Å². The van der Waals surface area contributed by atoms with Crippen LogP contribution in [-0.2, 0) is 12.8 Å². The molecule has 1 aromatic carbocycles. The molecule has 0 aliphatic heterocycles. The third kappa shape index (κ3) is 4.26. The van der Waals surface area contributed by atoms with E-state index in [1.54, 1.807) is 54.6 Å². The molecule has 1 aliphatic rings. The number of halogens is 1. The summed E-state index contributed by atoms with van der Waals surface area (Å²) in [5.74, 6) is 0.256. The number of nitrogens with zero attached hydrogens (tertiary/aromatic N) is 1. The van der Waals surface area contributed by atoms with Gasteiger partial charge in [-0.1, -0.05) is 38.4 Å². The third-order valence-electron chi connectivity index (χ3n) is 5.42. The molecular weight excluding hydrogens is 392 g/mol. The zero-order valence-electron chi connectivity index (χ0n) is 17.1. The first-order chi connectivity index (χ1) is 13.1. The highest BCUT2D eigenvalue weighted by atomic mass is 35.5. The van der Waals surface area contributed by atoms with Crippen molar-refractivity contribution >= 4 is 39.8 Å². The minimum absolute atomic E-state index is 0.0619. The first-order valence-corrected chi connectivity index (χ1v) is 10.7. The van der Waals surface area contributed by atoms with Gasteiger partial charge in [-0.25, -0.2) is 0 Å². The van der Waals surface area contributed by atoms with E-state index in [0.717, 1.165) is 24.8 Å². The predicted molar refractivity (Wildman–Crippen MR) is 117 cm³/mol. The Bertz CT molecular complexity index is 912. The highest BCUT2D eigenvalue weighted by molar-refractivity contribution is 7.17. The lowest BCUT2D eigenvalue weighted by Crippen LogP contribution is -2.28. The molecule has 0 fully saturated rings. The number of rotatable bonds is 3. The number of benzene rings is 1. The summed E-state index contributed by atoms with van der Waals surface area (Å²) in [4.78, 5) is 28.5. The fourth-order valence-electron chi connectivity index (χ4n) is 3.67. The van der Waals surface area contributed by atoms with Gasteiger partial charge >= 0.3 is 0 Å². The maximum Gasteiger partial charge on any atom is 0.256 e. The fraction of sp³-hybridized carbons (Fsp3) is 0.455. The number of hydrogen-bond acceptors (Lipinski definition) is 3. The van der Waals surface area contributed by atoms with Crippen molar-refractivity contribution in [3.05, 3.63) is 50.9 Å². The van der Waals surface area contributed by atoms with Crippen molar-refractivity contribution < 1.29 is 9.59 Å². The number of fused-ring (bicyclic) bond motifs is 1. The normalized spacial score (nSPS) is 16.4.